The molecule has 1 rings (SSSR count). The second kappa shape index (κ2) is 4.64. The van der Waals surface area contributed by atoms with Crippen LogP contribution >= 0.6 is 0 Å². The number of nitrogens with zero attached hydrogens (tertiary/aromatic N) is 1. The van der Waals surface area contributed by atoms with Crippen molar-refractivity contribution in [2.45, 2.75) is 39.7 Å². The molecular formula is C11H20N2O2. The number of carbonyl (C=O) groups is 2. The van der Waals surface area contributed by atoms with E-state index in [-0.39, 0.29) is 5.91 Å². The van der Waals surface area contributed by atoms with Crippen molar-refractivity contribution in [2.75, 3.05) is 6.54 Å². The molecule has 1 heterocycles. The maximum atomic E-state index is 11.7. The number of hydrogen-bond donors (Lipinski definition) is 1. The lowest BCUT2D eigenvalue weighted by molar-refractivity contribution is -0.136. The number of nitrogens with two attached hydrogens (primary N) is 1. The molecule has 2 atom stereocenters. The van der Waals surface area contributed by atoms with Crippen molar-refractivity contribution in [2.24, 2.45) is 17.6 Å². The van der Waals surface area contributed by atoms with Gasteiger partial charge in [0.1, 0.15) is 6.04 Å². The minimum Gasteiger partial charge on any atom is -0.368 e. The molecule has 1 unspecified atom stereocenters. The molecule has 0 saturated carbocycles. The Balaban J connectivity index is 2.71. The maximum Gasteiger partial charge on any atom is 0.240 e. The average Bonchev–Trinajstić information content (AvgIpc) is 2.49. The molecule has 1 saturated heterocycles. The molecule has 0 bridgehead atoms. The van der Waals surface area contributed by atoms with Gasteiger partial charge in [-0.2, -0.15) is 0 Å². The molecule has 0 spiro atoms. The van der Waals surface area contributed by atoms with E-state index in [1.54, 1.807) is 4.90 Å². The van der Waals surface area contributed by atoms with Gasteiger partial charge in [-0.05, 0) is 18.3 Å². The first-order valence-electron chi connectivity index (χ1n) is 5.56. The first kappa shape index (κ1) is 12.0. The average molecular weight is 212 g/mol. The van der Waals surface area contributed by atoms with Gasteiger partial charge in [0.05, 0.1) is 0 Å². The maximum absolute atomic E-state index is 11.7. The van der Waals surface area contributed by atoms with Crippen LogP contribution in [0.2, 0.25) is 0 Å². The largest absolute Gasteiger partial charge is 0.368 e. The van der Waals surface area contributed by atoms with Gasteiger partial charge in [0.15, 0.2) is 0 Å². The molecule has 0 radical (unpaired) electrons. The Hall–Kier alpha value is -1.06. The lowest BCUT2D eigenvalue weighted by Gasteiger charge is -2.24. The molecule has 4 heteroatoms. The van der Waals surface area contributed by atoms with Crippen LogP contribution in [0, 0.1) is 11.8 Å². The Morgan fingerprint density at radius 3 is 2.53 bits per heavy atom. The molecule has 1 fully saturated rings. The molecule has 86 valence electrons. The molecule has 0 aromatic carbocycles. The standard InChI is InChI=1S/C11H20N2O2/c1-4-9(11(12)15)13-6-8(7(2)3)5-10(13)14/h7-9H,4-6H2,1-3H3,(H2,12,15)/t8?,9-/m0/s1. The number of likely N-dealkylation sites (tertiary alicyclic amines) is 1. The molecule has 4 nitrogen and oxygen atoms in total. The zero-order valence-corrected chi connectivity index (χ0v) is 9.69. The lowest BCUT2D eigenvalue weighted by atomic mass is 9.95. The van der Waals surface area contributed by atoms with Gasteiger partial charge in [-0.15, -0.1) is 0 Å². The van der Waals surface area contributed by atoms with Crippen LogP contribution in [0.1, 0.15) is 33.6 Å². The Morgan fingerprint density at radius 1 is 1.60 bits per heavy atom. The number of rotatable bonds is 4. The van der Waals surface area contributed by atoms with E-state index < -0.39 is 11.9 Å². The van der Waals surface area contributed by atoms with Crippen LogP contribution in [0.15, 0.2) is 0 Å². The summed E-state index contributed by atoms with van der Waals surface area (Å²) >= 11 is 0. The molecule has 0 aliphatic carbocycles. The van der Waals surface area contributed by atoms with Crippen molar-refractivity contribution in [3.8, 4) is 0 Å². The molecule has 2 N–H and O–H groups in total. The summed E-state index contributed by atoms with van der Waals surface area (Å²) in [4.78, 5) is 24.5. The highest BCUT2D eigenvalue weighted by Gasteiger charge is 2.36. The van der Waals surface area contributed by atoms with E-state index in [1.165, 1.54) is 0 Å². The highest BCUT2D eigenvalue weighted by molar-refractivity contribution is 5.87. The first-order valence-corrected chi connectivity index (χ1v) is 5.56. The molecule has 2 amide bonds. The van der Waals surface area contributed by atoms with Gasteiger partial charge < -0.3 is 10.6 Å². The predicted octanol–water partition coefficient (Wildman–Crippen LogP) is 0.755. The summed E-state index contributed by atoms with van der Waals surface area (Å²) < 4.78 is 0. The second-order valence-corrected chi connectivity index (χ2v) is 4.58. The van der Waals surface area contributed by atoms with Gasteiger partial charge in [-0.3, -0.25) is 9.59 Å². The minimum atomic E-state index is -0.416. The molecule has 15 heavy (non-hydrogen) atoms. The van der Waals surface area contributed by atoms with E-state index in [9.17, 15) is 9.59 Å². The lowest BCUT2D eigenvalue weighted by Crippen LogP contribution is -2.45. The van der Waals surface area contributed by atoms with Crippen molar-refractivity contribution < 1.29 is 9.59 Å². The van der Waals surface area contributed by atoms with Crippen LogP contribution in [-0.2, 0) is 9.59 Å². The third-order valence-electron chi connectivity index (χ3n) is 3.22. The normalized spacial score (nSPS) is 23.6. The highest BCUT2D eigenvalue weighted by Crippen LogP contribution is 2.26. The van der Waals surface area contributed by atoms with Crippen molar-refractivity contribution >= 4 is 11.8 Å². The zero-order chi connectivity index (χ0) is 11.6. The SMILES string of the molecule is CC[C@@H](C(N)=O)N1CC(C(C)C)CC1=O. The summed E-state index contributed by atoms with van der Waals surface area (Å²) in [7, 11) is 0. The van der Waals surface area contributed by atoms with Crippen LogP contribution < -0.4 is 5.73 Å². The number of carbonyl (C=O) groups excluding carboxylic acids is 2. The third-order valence-corrected chi connectivity index (χ3v) is 3.22. The van der Waals surface area contributed by atoms with Crippen LogP contribution in [-0.4, -0.2) is 29.3 Å². The fourth-order valence-electron chi connectivity index (χ4n) is 2.08. The number of hydrogen-bond acceptors (Lipinski definition) is 2. The summed E-state index contributed by atoms with van der Waals surface area (Å²) in [5.74, 6) is 0.518. The highest BCUT2D eigenvalue weighted by atomic mass is 16.2. The van der Waals surface area contributed by atoms with Crippen LogP contribution in [0.5, 0.6) is 0 Å². The molecule has 0 aromatic rings. The van der Waals surface area contributed by atoms with Crippen molar-refractivity contribution in [1.29, 1.82) is 0 Å². The Kier molecular flexibility index (Phi) is 3.72. The van der Waals surface area contributed by atoms with Gasteiger partial charge in [0, 0.05) is 13.0 Å². The number of primary amides is 1. The summed E-state index contributed by atoms with van der Waals surface area (Å²) in [6, 6.07) is -0.416. The minimum absolute atomic E-state index is 0.0688. The van der Waals surface area contributed by atoms with Crippen molar-refractivity contribution in [3.63, 3.8) is 0 Å². The van der Waals surface area contributed by atoms with Gasteiger partial charge in [0.2, 0.25) is 11.8 Å². The third kappa shape index (κ3) is 2.49. The predicted molar refractivity (Wildman–Crippen MR) is 57.9 cm³/mol. The quantitative estimate of drug-likeness (QED) is 0.747. The van der Waals surface area contributed by atoms with Crippen LogP contribution in [0.25, 0.3) is 0 Å². The molecule has 1 aliphatic heterocycles. The van der Waals surface area contributed by atoms with E-state index in [4.69, 9.17) is 5.73 Å². The van der Waals surface area contributed by atoms with Gasteiger partial charge in [0.25, 0.3) is 0 Å². The van der Waals surface area contributed by atoms with Crippen LogP contribution in [0.3, 0.4) is 0 Å². The van der Waals surface area contributed by atoms with E-state index in [0.717, 1.165) is 0 Å². The summed E-state index contributed by atoms with van der Waals surface area (Å²) in [5.41, 5.74) is 5.28. The summed E-state index contributed by atoms with van der Waals surface area (Å²) in [6.45, 7) is 6.77. The first-order chi connectivity index (χ1) is 6.97. The second-order valence-electron chi connectivity index (χ2n) is 4.58. The Morgan fingerprint density at radius 2 is 2.20 bits per heavy atom. The van der Waals surface area contributed by atoms with E-state index in [2.05, 4.69) is 13.8 Å². The molecule has 0 aromatic heterocycles. The van der Waals surface area contributed by atoms with Crippen molar-refractivity contribution in [3.05, 3.63) is 0 Å². The van der Waals surface area contributed by atoms with E-state index in [0.29, 0.717) is 31.2 Å². The Labute approximate surface area is 90.8 Å². The topological polar surface area (TPSA) is 63.4 Å². The summed E-state index contributed by atoms with van der Waals surface area (Å²) in [6.07, 6.45) is 1.16. The fourth-order valence-corrected chi connectivity index (χ4v) is 2.08. The van der Waals surface area contributed by atoms with E-state index in [1.807, 2.05) is 6.92 Å². The van der Waals surface area contributed by atoms with Gasteiger partial charge in [-0.25, -0.2) is 0 Å². The number of amides is 2. The monoisotopic (exact) mass is 212 g/mol. The fraction of sp³-hybridized carbons (Fsp3) is 0.818. The summed E-state index contributed by atoms with van der Waals surface area (Å²) in [5, 5.41) is 0. The Bertz CT molecular complexity index is 263. The zero-order valence-electron chi connectivity index (χ0n) is 9.69. The van der Waals surface area contributed by atoms with Crippen LogP contribution in [0.4, 0.5) is 0 Å². The van der Waals surface area contributed by atoms with Gasteiger partial charge in [-0.1, -0.05) is 20.8 Å². The van der Waals surface area contributed by atoms with Gasteiger partial charge >= 0.3 is 0 Å². The van der Waals surface area contributed by atoms with E-state index >= 15 is 0 Å². The van der Waals surface area contributed by atoms with Crippen molar-refractivity contribution in [1.82, 2.24) is 4.90 Å². The molecular weight excluding hydrogens is 192 g/mol. The smallest absolute Gasteiger partial charge is 0.240 e. The molecule has 1 aliphatic rings.